The molecule has 2 unspecified atom stereocenters. The molecule has 142 valence electrons. The molecule has 4 heterocycles. The molecule has 0 radical (unpaired) electrons. The molecule has 0 aromatic carbocycles. The summed E-state index contributed by atoms with van der Waals surface area (Å²) in [5.41, 5.74) is 0. The van der Waals surface area contributed by atoms with E-state index in [0.29, 0.717) is 0 Å². The molecule has 0 spiro atoms. The van der Waals surface area contributed by atoms with Crippen LogP contribution in [0.4, 0.5) is 0 Å². The average Bonchev–Trinajstić information content (AvgIpc) is 3.37. The highest BCUT2D eigenvalue weighted by Gasteiger charge is 2.34. The highest BCUT2D eigenvalue weighted by molar-refractivity contribution is 5.82. The summed E-state index contributed by atoms with van der Waals surface area (Å²) in [4.78, 5) is 36.1. The summed E-state index contributed by atoms with van der Waals surface area (Å²) in [7, 11) is 0. The van der Waals surface area contributed by atoms with Gasteiger partial charge in [0.2, 0.25) is 11.8 Å². The van der Waals surface area contributed by atoms with Crippen molar-refractivity contribution in [3.63, 3.8) is 0 Å². The molecule has 26 heavy (non-hydrogen) atoms. The molecular weight excluding hydrogens is 330 g/mol. The molecule has 1 aromatic rings. The molecule has 2 saturated heterocycles. The van der Waals surface area contributed by atoms with Gasteiger partial charge in [0, 0.05) is 70.5 Å². The van der Waals surface area contributed by atoms with Crippen LogP contribution in [0.3, 0.4) is 0 Å². The number of hydrogen-bond donors (Lipinski definition) is 0. The van der Waals surface area contributed by atoms with Gasteiger partial charge in [0.25, 0.3) is 0 Å². The minimum Gasteiger partial charge on any atom is -0.341 e. The van der Waals surface area contributed by atoms with Crippen LogP contribution in [0.5, 0.6) is 0 Å². The topological polar surface area (TPSA) is 61.7 Å². The van der Waals surface area contributed by atoms with E-state index in [9.17, 15) is 9.59 Å². The second-order valence-corrected chi connectivity index (χ2v) is 7.80. The number of imidazole rings is 1. The van der Waals surface area contributed by atoms with Crippen molar-refractivity contribution < 1.29 is 9.59 Å². The van der Waals surface area contributed by atoms with Gasteiger partial charge in [0.15, 0.2) is 0 Å². The average molecular weight is 359 g/mol. The van der Waals surface area contributed by atoms with E-state index in [4.69, 9.17) is 0 Å². The van der Waals surface area contributed by atoms with Crippen LogP contribution < -0.4 is 0 Å². The van der Waals surface area contributed by atoms with Crippen molar-refractivity contribution in [3.8, 4) is 0 Å². The maximum Gasteiger partial charge on any atom is 0.239 e. The number of rotatable bonds is 3. The maximum absolute atomic E-state index is 12.9. The second-order valence-electron chi connectivity index (χ2n) is 7.80. The SMILES string of the molecule is CC(C(=O)N1CCCC1)N1CCN(C(=O)C2CCn3ccnc3C2)CC1. The summed E-state index contributed by atoms with van der Waals surface area (Å²) in [5, 5.41) is 0. The number of carbonyl (C=O) groups excluding carboxylic acids is 2. The molecule has 0 aliphatic carbocycles. The monoisotopic (exact) mass is 359 g/mol. The smallest absolute Gasteiger partial charge is 0.239 e. The van der Waals surface area contributed by atoms with Crippen LogP contribution in [-0.4, -0.2) is 81.4 Å². The van der Waals surface area contributed by atoms with Crippen molar-refractivity contribution in [2.45, 2.75) is 45.2 Å². The number of hydrogen-bond acceptors (Lipinski definition) is 4. The number of fused-ring (bicyclic) bond motifs is 1. The number of amides is 2. The van der Waals surface area contributed by atoms with Crippen LogP contribution >= 0.6 is 0 Å². The van der Waals surface area contributed by atoms with E-state index in [1.807, 2.05) is 29.1 Å². The Morgan fingerprint density at radius 3 is 2.50 bits per heavy atom. The fraction of sp³-hybridized carbons (Fsp3) is 0.737. The lowest BCUT2D eigenvalue weighted by Gasteiger charge is -2.40. The summed E-state index contributed by atoms with van der Waals surface area (Å²) >= 11 is 0. The van der Waals surface area contributed by atoms with Crippen molar-refractivity contribution >= 4 is 11.8 Å². The van der Waals surface area contributed by atoms with Crippen molar-refractivity contribution in [3.05, 3.63) is 18.2 Å². The fourth-order valence-corrected chi connectivity index (χ4v) is 4.51. The Labute approximate surface area is 154 Å². The van der Waals surface area contributed by atoms with E-state index < -0.39 is 0 Å². The van der Waals surface area contributed by atoms with Gasteiger partial charge in [-0.1, -0.05) is 0 Å². The predicted molar refractivity (Wildman–Crippen MR) is 97.5 cm³/mol. The molecule has 4 rings (SSSR count). The number of aromatic nitrogens is 2. The van der Waals surface area contributed by atoms with Crippen molar-refractivity contribution in [2.75, 3.05) is 39.3 Å². The Balaban J connectivity index is 1.29. The van der Waals surface area contributed by atoms with Gasteiger partial charge in [-0.2, -0.15) is 0 Å². The Hall–Kier alpha value is -1.89. The summed E-state index contributed by atoms with van der Waals surface area (Å²) in [6, 6.07) is -0.0764. The molecule has 3 aliphatic heterocycles. The standard InChI is InChI=1S/C19H29N5O2/c1-15(18(25)23-6-2-3-7-23)21-10-12-24(13-11-21)19(26)16-4-8-22-9-5-20-17(22)14-16/h5,9,15-16H,2-4,6-8,10-14H2,1H3. The molecule has 2 atom stereocenters. The van der Waals surface area contributed by atoms with Gasteiger partial charge < -0.3 is 14.4 Å². The minimum atomic E-state index is -0.0764. The van der Waals surface area contributed by atoms with Crippen LogP contribution in [0.1, 0.15) is 32.0 Å². The van der Waals surface area contributed by atoms with Gasteiger partial charge in [-0.15, -0.1) is 0 Å². The van der Waals surface area contributed by atoms with Crippen molar-refractivity contribution in [1.29, 1.82) is 0 Å². The van der Waals surface area contributed by atoms with Crippen LogP contribution in [0.25, 0.3) is 0 Å². The first-order valence-corrected chi connectivity index (χ1v) is 9.95. The Kier molecular flexibility index (Phi) is 4.98. The quantitative estimate of drug-likeness (QED) is 0.793. The predicted octanol–water partition coefficient (Wildman–Crippen LogP) is 0.601. The summed E-state index contributed by atoms with van der Waals surface area (Å²) in [6.07, 6.45) is 7.70. The first-order chi connectivity index (χ1) is 12.6. The van der Waals surface area contributed by atoms with Gasteiger partial charge in [-0.05, 0) is 26.2 Å². The zero-order valence-corrected chi connectivity index (χ0v) is 15.6. The number of aryl methyl sites for hydroxylation is 1. The molecule has 7 nitrogen and oxygen atoms in total. The molecule has 0 bridgehead atoms. The lowest BCUT2D eigenvalue weighted by atomic mass is 9.96. The van der Waals surface area contributed by atoms with Gasteiger partial charge in [0.05, 0.1) is 6.04 Å². The largest absolute Gasteiger partial charge is 0.341 e. The third-order valence-electron chi connectivity index (χ3n) is 6.25. The Morgan fingerprint density at radius 2 is 1.77 bits per heavy atom. The number of nitrogens with zero attached hydrogens (tertiary/aromatic N) is 5. The molecule has 0 saturated carbocycles. The van der Waals surface area contributed by atoms with Crippen LogP contribution in [0.15, 0.2) is 12.4 Å². The molecule has 3 aliphatic rings. The van der Waals surface area contributed by atoms with E-state index >= 15 is 0 Å². The lowest BCUT2D eigenvalue weighted by molar-refractivity contribution is -0.140. The number of piperazine rings is 1. The third kappa shape index (κ3) is 3.37. The molecule has 0 N–H and O–H groups in total. The first kappa shape index (κ1) is 17.5. The van der Waals surface area contributed by atoms with Crippen LogP contribution in [-0.2, 0) is 22.6 Å². The van der Waals surface area contributed by atoms with Gasteiger partial charge in [-0.25, -0.2) is 4.98 Å². The molecule has 2 amide bonds. The third-order valence-corrected chi connectivity index (χ3v) is 6.25. The fourth-order valence-electron chi connectivity index (χ4n) is 4.51. The first-order valence-electron chi connectivity index (χ1n) is 9.95. The number of likely N-dealkylation sites (tertiary alicyclic amines) is 1. The second kappa shape index (κ2) is 7.39. The van der Waals surface area contributed by atoms with E-state index in [2.05, 4.69) is 14.5 Å². The van der Waals surface area contributed by atoms with Crippen LogP contribution in [0.2, 0.25) is 0 Å². The van der Waals surface area contributed by atoms with E-state index in [-0.39, 0.29) is 23.8 Å². The Morgan fingerprint density at radius 1 is 1.04 bits per heavy atom. The van der Waals surface area contributed by atoms with Gasteiger partial charge >= 0.3 is 0 Å². The summed E-state index contributed by atoms with van der Waals surface area (Å²) in [5.74, 6) is 1.59. The van der Waals surface area contributed by atoms with Crippen molar-refractivity contribution in [2.24, 2.45) is 5.92 Å². The summed E-state index contributed by atoms with van der Waals surface area (Å²) in [6.45, 7) is 7.72. The van der Waals surface area contributed by atoms with Crippen molar-refractivity contribution in [1.82, 2.24) is 24.3 Å². The number of carbonyl (C=O) groups is 2. The minimum absolute atomic E-state index is 0.0557. The Bertz CT molecular complexity index is 659. The molecule has 2 fully saturated rings. The van der Waals surface area contributed by atoms with E-state index in [1.54, 1.807) is 0 Å². The maximum atomic E-state index is 12.9. The zero-order valence-electron chi connectivity index (χ0n) is 15.6. The molecule has 7 heteroatoms. The van der Waals surface area contributed by atoms with Crippen LogP contribution in [0, 0.1) is 5.92 Å². The molecule has 1 aromatic heterocycles. The van der Waals surface area contributed by atoms with E-state index in [0.717, 1.165) is 77.3 Å². The normalized spacial score (nSPS) is 25.2. The van der Waals surface area contributed by atoms with Gasteiger partial charge in [-0.3, -0.25) is 14.5 Å². The zero-order chi connectivity index (χ0) is 18.1. The highest BCUT2D eigenvalue weighted by atomic mass is 16.2. The molecular formula is C19H29N5O2. The van der Waals surface area contributed by atoms with Gasteiger partial charge in [0.1, 0.15) is 5.82 Å². The highest BCUT2D eigenvalue weighted by Crippen LogP contribution is 2.22. The lowest BCUT2D eigenvalue weighted by Crippen LogP contribution is -2.56. The van der Waals surface area contributed by atoms with E-state index in [1.165, 1.54) is 0 Å². The summed E-state index contributed by atoms with van der Waals surface area (Å²) < 4.78 is 2.15.